The number of hydrogen-bond acceptors (Lipinski definition) is 4. The fraction of sp³-hybridized carbons (Fsp3) is 0.667. The second-order valence-electron chi connectivity index (χ2n) is 3.45. The van der Waals surface area contributed by atoms with E-state index in [-0.39, 0.29) is 0 Å². The molecule has 1 aromatic rings. The first-order valence-electron chi connectivity index (χ1n) is 4.92. The summed E-state index contributed by atoms with van der Waals surface area (Å²) in [5.74, 6) is 0. The molecule has 0 spiro atoms. The van der Waals surface area contributed by atoms with Crippen LogP contribution in [0.1, 0.15) is 12.8 Å². The van der Waals surface area contributed by atoms with Crippen LogP contribution < -0.4 is 5.32 Å². The van der Waals surface area contributed by atoms with Crippen LogP contribution in [0.2, 0.25) is 5.15 Å². The molecular formula is C9H14ClN3S. The van der Waals surface area contributed by atoms with Gasteiger partial charge in [-0.3, -0.25) is 0 Å². The number of aromatic nitrogens is 1. The number of nitrogens with zero attached hydrogens (tertiary/aromatic N) is 2. The molecule has 1 saturated heterocycles. The van der Waals surface area contributed by atoms with Gasteiger partial charge in [0.05, 0.1) is 0 Å². The molecule has 1 aliphatic heterocycles. The third-order valence-electron chi connectivity index (χ3n) is 2.38. The van der Waals surface area contributed by atoms with E-state index in [1.54, 1.807) is 11.3 Å². The minimum Gasteiger partial charge on any atom is -0.360 e. The van der Waals surface area contributed by atoms with Crippen molar-refractivity contribution in [1.29, 1.82) is 0 Å². The van der Waals surface area contributed by atoms with Gasteiger partial charge in [0.2, 0.25) is 0 Å². The van der Waals surface area contributed by atoms with Crippen LogP contribution in [0, 0.1) is 0 Å². The van der Waals surface area contributed by atoms with Gasteiger partial charge >= 0.3 is 0 Å². The molecule has 14 heavy (non-hydrogen) atoms. The van der Waals surface area contributed by atoms with E-state index < -0.39 is 0 Å². The molecule has 2 rings (SSSR count). The molecule has 0 aliphatic carbocycles. The van der Waals surface area contributed by atoms with Crippen molar-refractivity contribution in [3.8, 4) is 0 Å². The van der Waals surface area contributed by atoms with Crippen LogP contribution in [0.4, 0.5) is 5.13 Å². The maximum Gasteiger partial charge on any atom is 0.184 e. The van der Waals surface area contributed by atoms with Gasteiger partial charge in [-0.15, -0.1) is 11.3 Å². The van der Waals surface area contributed by atoms with Gasteiger partial charge in [-0.25, -0.2) is 4.98 Å². The Morgan fingerprint density at radius 3 is 2.93 bits per heavy atom. The van der Waals surface area contributed by atoms with Crippen molar-refractivity contribution in [1.82, 2.24) is 9.88 Å². The van der Waals surface area contributed by atoms with Crippen molar-refractivity contribution < 1.29 is 0 Å². The zero-order valence-corrected chi connectivity index (χ0v) is 9.57. The average molecular weight is 232 g/mol. The van der Waals surface area contributed by atoms with Crippen LogP contribution in [0.25, 0.3) is 0 Å². The Labute approximate surface area is 93.1 Å². The van der Waals surface area contributed by atoms with E-state index >= 15 is 0 Å². The van der Waals surface area contributed by atoms with E-state index in [2.05, 4.69) is 15.2 Å². The van der Waals surface area contributed by atoms with Gasteiger partial charge in [0.1, 0.15) is 5.15 Å². The predicted octanol–water partition coefficient (Wildman–Crippen LogP) is 2.30. The summed E-state index contributed by atoms with van der Waals surface area (Å²) in [5.41, 5.74) is 0. The highest BCUT2D eigenvalue weighted by Crippen LogP contribution is 2.18. The lowest BCUT2D eigenvalue weighted by atomic mass is 10.4. The van der Waals surface area contributed by atoms with Crippen LogP contribution in [-0.2, 0) is 0 Å². The quantitative estimate of drug-likeness (QED) is 0.862. The molecule has 0 atom stereocenters. The molecule has 1 fully saturated rings. The number of likely N-dealkylation sites (tertiary alicyclic amines) is 1. The van der Waals surface area contributed by atoms with Crippen LogP contribution in [0.15, 0.2) is 5.38 Å². The van der Waals surface area contributed by atoms with Gasteiger partial charge in [-0.2, -0.15) is 0 Å². The lowest BCUT2D eigenvalue weighted by Gasteiger charge is -2.13. The predicted molar refractivity (Wildman–Crippen MR) is 61.3 cm³/mol. The highest BCUT2D eigenvalue weighted by atomic mass is 35.5. The first-order chi connectivity index (χ1) is 6.84. The number of hydrogen-bond donors (Lipinski definition) is 1. The molecule has 0 bridgehead atoms. The van der Waals surface area contributed by atoms with Gasteiger partial charge in [-0.1, -0.05) is 11.6 Å². The highest BCUT2D eigenvalue weighted by Gasteiger charge is 2.10. The van der Waals surface area contributed by atoms with E-state index in [1.165, 1.54) is 25.9 Å². The lowest BCUT2D eigenvalue weighted by molar-refractivity contribution is 0.352. The first-order valence-corrected chi connectivity index (χ1v) is 6.17. The van der Waals surface area contributed by atoms with Gasteiger partial charge < -0.3 is 10.2 Å². The molecule has 1 aliphatic rings. The summed E-state index contributed by atoms with van der Waals surface area (Å²) in [7, 11) is 0. The highest BCUT2D eigenvalue weighted by molar-refractivity contribution is 7.14. The maximum absolute atomic E-state index is 5.72. The Morgan fingerprint density at radius 2 is 2.29 bits per heavy atom. The number of rotatable bonds is 4. The molecule has 0 saturated carbocycles. The lowest BCUT2D eigenvalue weighted by Crippen LogP contribution is -2.25. The summed E-state index contributed by atoms with van der Waals surface area (Å²) in [6, 6.07) is 0. The molecule has 1 aromatic heterocycles. The maximum atomic E-state index is 5.72. The average Bonchev–Trinajstić information content (AvgIpc) is 2.77. The van der Waals surface area contributed by atoms with Crippen LogP contribution >= 0.6 is 22.9 Å². The van der Waals surface area contributed by atoms with Gasteiger partial charge in [0, 0.05) is 18.5 Å². The van der Waals surface area contributed by atoms with E-state index in [1.807, 2.05) is 5.38 Å². The molecule has 5 heteroatoms. The number of halogens is 1. The Bertz CT molecular complexity index is 283. The summed E-state index contributed by atoms with van der Waals surface area (Å²) < 4.78 is 0. The zero-order chi connectivity index (χ0) is 9.80. The minimum absolute atomic E-state index is 0.582. The monoisotopic (exact) mass is 231 g/mol. The molecule has 0 aromatic carbocycles. The second kappa shape index (κ2) is 4.96. The van der Waals surface area contributed by atoms with Crippen LogP contribution in [0.5, 0.6) is 0 Å². The summed E-state index contributed by atoms with van der Waals surface area (Å²) >= 11 is 7.27. The number of thiazole rings is 1. The summed E-state index contributed by atoms with van der Waals surface area (Å²) in [5, 5.41) is 6.63. The van der Waals surface area contributed by atoms with Crippen LogP contribution in [0.3, 0.4) is 0 Å². The standard InChI is InChI=1S/C9H14ClN3S/c10-8-7-14-9(12-8)11-3-6-13-4-1-2-5-13/h7H,1-6H2,(H,11,12). The largest absolute Gasteiger partial charge is 0.360 e. The van der Waals surface area contributed by atoms with Crippen molar-refractivity contribution in [2.75, 3.05) is 31.5 Å². The topological polar surface area (TPSA) is 28.2 Å². The van der Waals surface area contributed by atoms with E-state index in [9.17, 15) is 0 Å². The van der Waals surface area contributed by atoms with Crippen molar-refractivity contribution in [2.24, 2.45) is 0 Å². The third-order valence-corrected chi connectivity index (χ3v) is 3.50. The molecule has 0 radical (unpaired) electrons. The Kier molecular flexibility index (Phi) is 3.61. The van der Waals surface area contributed by atoms with Crippen molar-refractivity contribution >= 4 is 28.1 Å². The molecular weight excluding hydrogens is 218 g/mol. The second-order valence-corrected chi connectivity index (χ2v) is 4.70. The summed E-state index contributed by atoms with van der Waals surface area (Å²) in [6.45, 7) is 4.57. The van der Waals surface area contributed by atoms with Crippen molar-refractivity contribution in [3.05, 3.63) is 10.5 Å². The summed E-state index contributed by atoms with van der Waals surface area (Å²) in [4.78, 5) is 6.60. The fourth-order valence-electron chi connectivity index (χ4n) is 1.66. The van der Waals surface area contributed by atoms with Gasteiger partial charge in [0.15, 0.2) is 5.13 Å². The number of anilines is 1. The Balaban J connectivity index is 1.67. The molecule has 2 heterocycles. The number of nitrogens with one attached hydrogen (secondary N) is 1. The van der Waals surface area contributed by atoms with Gasteiger partial charge in [0.25, 0.3) is 0 Å². The molecule has 0 amide bonds. The summed E-state index contributed by atoms with van der Waals surface area (Å²) in [6.07, 6.45) is 2.70. The van der Waals surface area contributed by atoms with E-state index in [4.69, 9.17) is 11.6 Å². The minimum atomic E-state index is 0.582. The Morgan fingerprint density at radius 1 is 1.50 bits per heavy atom. The molecule has 3 nitrogen and oxygen atoms in total. The Hall–Kier alpha value is -0.320. The smallest absolute Gasteiger partial charge is 0.184 e. The molecule has 78 valence electrons. The normalized spacial score (nSPS) is 17.5. The molecule has 1 N–H and O–H groups in total. The van der Waals surface area contributed by atoms with Crippen molar-refractivity contribution in [2.45, 2.75) is 12.8 Å². The van der Waals surface area contributed by atoms with E-state index in [0.717, 1.165) is 18.2 Å². The third kappa shape index (κ3) is 2.83. The molecule has 0 unspecified atom stereocenters. The van der Waals surface area contributed by atoms with Crippen LogP contribution in [-0.4, -0.2) is 36.1 Å². The van der Waals surface area contributed by atoms with Gasteiger partial charge in [-0.05, 0) is 25.9 Å². The van der Waals surface area contributed by atoms with E-state index in [0.29, 0.717) is 5.15 Å². The van der Waals surface area contributed by atoms with Crippen molar-refractivity contribution in [3.63, 3.8) is 0 Å². The fourth-order valence-corrected chi connectivity index (χ4v) is 2.53. The first kappa shape index (κ1) is 10.2. The zero-order valence-electron chi connectivity index (χ0n) is 8.00. The SMILES string of the molecule is Clc1csc(NCCN2CCCC2)n1.